The van der Waals surface area contributed by atoms with Gasteiger partial charge in [0.05, 0.1) is 0 Å². The van der Waals surface area contributed by atoms with Crippen LogP contribution in [-0.4, -0.2) is 35.4 Å². The third-order valence-corrected chi connectivity index (χ3v) is 3.73. The molecule has 0 unspecified atom stereocenters. The van der Waals surface area contributed by atoms with Gasteiger partial charge in [0.25, 0.3) is 0 Å². The van der Waals surface area contributed by atoms with Gasteiger partial charge in [0.1, 0.15) is 25.0 Å². The van der Waals surface area contributed by atoms with E-state index in [1.54, 1.807) is 30.3 Å². The predicted molar refractivity (Wildman–Crippen MR) is 93.0 cm³/mol. The Morgan fingerprint density at radius 2 is 2.12 bits per heavy atom. The fourth-order valence-electron chi connectivity index (χ4n) is 2.41. The van der Waals surface area contributed by atoms with Crippen LogP contribution in [0.25, 0.3) is 0 Å². The van der Waals surface area contributed by atoms with E-state index in [0.29, 0.717) is 23.1 Å². The van der Waals surface area contributed by atoms with Crippen molar-refractivity contribution in [2.24, 2.45) is 10.7 Å². The number of hydroxylamine groups is 2. The molecule has 2 aromatic rings. The summed E-state index contributed by atoms with van der Waals surface area (Å²) in [5, 5.41) is 9.51. The first kappa shape index (κ1) is 17.5. The van der Waals surface area contributed by atoms with E-state index in [1.807, 2.05) is 6.07 Å². The van der Waals surface area contributed by atoms with E-state index in [2.05, 4.69) is 16.8 Å². The van der Waals surface area contributed by atoms with Gasteiger partial charge < -0.3 is 10.5 Å². The van der Waals surface area contributed by atoms with Crippen LogP contribution in [0.5, 0.6) is 0 Å². The molecule has 26 heavy (non-hydrogen) atoms. The highest BCUT2D eigenvalue weighted by Crippen LogP contribution is 2.25. The average Bonchev–Trinajstić information content (AvgIpc) is 3.12. The second-order valence-corrected chi connectivity index (χ2v) is 5.59. The molecule has 7 heteroatoms. The Bertz CT molecular complexity index is 900. The number of hydrogen-bond acceptors (Lipinski definition) is 4. The topological polar surface area (TPSA) is 88.2 Å². The summed E-state index contributed by atoms with van der Waals surface area (Å²) in [6.07, 6.45) is 0. The maximum absolute atomic E-state index is 13.0. The number of ether oxygens (including phenoxy) is 1. The highest BCUT2D eigenvalue weighted by Gasteiger charge is 2.21. The standard InChI is InChI=1S/C19H16FN3O3/c20-16-8-6-14(7-9-16)17-12-26-18(22-17)15-5-1-3-13(11-15)4-2-10-23(25)19(21)24/h1,3,5-9,11,17,25H,10,12H2,(H2,21,24)/t17-/m0/s1. The minimum absolute atomic E-state index is 0.182. The fourth-order valence-corrected chi connectivity index (χ4v) is 2.41. The van der Waals surface area contributed by atoms with Crippen molar-refractivity contribution in [3.05, 3.63) is 71.0 Å². The summed E-state index contributed by atoms with van der Waals surface area (Å²) in [6.45, 7) is 0.193. The molecule has 1 aliphatic rings. The third kappa shape index (κ3) is 4.18. The molecule has 1 heterocycles. The third-order valence-electron chi connectivity index (χ3n) is 3.73. The summed E-state index contributed by atoms with van der Waals surface area (Å²) in [4.78, 5) is 15.3. The first-order valence-electron chi connectivity index (χ1n) is 7.84. The van der Waals surface area contributed by atoms with Gasteiger partial charge in [-0.2, -0.15) is 5.06 Å². The predicted octanol–water partition coefficient (Wildman–Crippen LogP) is 2.47. The molecular formula is C19H16FN3O3. The molecule has 0 aromatic heterocycles. The average molecular weight is 353 g/mol. The van der Waals surface area contributed by atoms with Crippen molar-refractivity contribution in [1.82, 2.24) is 5.06 Å². The Kier molecular flexibility index (Phi) is 5.15. The van der Waals surface area contributed by atoms with Crippen molar-refractivity contribution in [2.45, 2.75) is 6.04 Å². The van der Waals surface area contributed by atoms with Crippen LogP contribution in [0.1, 0.15) is 22.7 Å². The molecule has 3 N–H and O–H groups in total. The molecule has 1 aliphatic heterocycles. The molecule has 0 radical (unpaired) electrons. The fraction of sp³-hybridized carbons (Fsp3) is 0.158. The Morgan fingerprint density at radius 3 is 2.85 bits per heavy atom. The number of urea groups is 1. The summed E-state index contributed by atoms with van der Waals surface area (Å²) in [5.41, 5.74) is 7.23. The van der Waals surface area contributed by atoms with Gasteiger partial charge in [0.15, 0.2) is 0 Å². The number of amides is 2. The summed E-state index contributed by atoms with van der Waals surface area (Å²) in [5.74, 6) is 5.68. The van der Waals surface area contributed by atoms with Gasteiger partial charge in [-0.25, -0.2) is 14.2 Å². The number of halogens is 1. The number of nitrogens with two attached hydrogens (primary N) is 1. The summed E-state index contributed by atoms with van der Waals surface area (Å²) in [6, 6.07) is 12.3. The van der Waals surface area contributed by atoms with Gasteiger partial charge in [-0.3, -0.25) is 5.21 Å². The molecule has 3 rings (SSSR count). The van der Waals surface area contributed by atoms with E-state index >= 15 is 0 Å². The maximum atomic E-state index is 13.0. The molecule has 2 aromatic carbocycles. The SMILES string of the molecule is NC(=O)N(O)CC#Cc1cccc(C2=N[C@H](c3ccc(F)cc3)CO2)c1. The molecular weight excluding hydrogens is 337 g/mol. The van der Waals surface area contributed by atoms with Crippen LogP contribution in [0, 0.1) is 17.7 Å². The largest absolute Gasteiger partial charge is 0.475 e. The van der Waals surface area contributed by atoms with Crippen LogP contribution in [0.3, 0.4) is 0 Å². The van der Waals surface area contributed by atoms with E-state index in [-0.39, 0.29) is 18.4 Å². The second-order valence-electron chi connectivity index (χ2n) is 5.59. The molecule has 6 nitrogen and oxygen atoms in total. The number of nitrogens with zero attached hydrogens (tertiary/aromatic N) is 2. The van der Waals surface area contributed by atoms with Crippen LogP contribution in [-0.2, 0) is 4.74 Å². The minimum Gasteiger partial charge on any atom is -0.475 e. The van der Waals surface area contributed by atoms with Crippen molar-refractivity contribution >= 4 is 11.9 Å². The van der Waals surface area contributed by atoms with Gasteiger partial charge in [0, 0.05) is 11.1 Å². The van der Waals surface area contributed by atoms with Gasteiger partial charge in [-0.05, 0) is 35.9 Å². The number of carbonyl (C=O) groups is 1. The number of rotatable bonds is 3. The number of benzene rings is 2. The maximum Gasteiger partial charge on any atom is 0.339 e. The number of hydrogen-bond donors (Lipinski definition) is 2. The zero-order valence-electron chi connectivity index (χ0n) is 13.7. The molecule has 0 saturated heterocycles. The van der Waals surface area contributed by atoms with Crippen LogP contribution >= 0.6 is 0 Å². The highest BCUT2D eigenvalue weighted by atomic mass is 19.1. The van der Waals surface area contributed by atoms with Crippen molar-refractivity contribution in [1.29, 1.82) is 0 Å². The van der Waals surface area contributed by atoms with Crippen molar-refractivity contribution in [3.63, 3.8) is 0 Å². The Balaban J connectivity index is 1.74. The van der Waals surface area contributed by atoms with Crippen LogP contribution < -0.4 is 5.73 Å². The first-order valence-corrected chi connectivity index (χ1v) is 7.84. The lowest BCUT2D eigenvalue weighted by atomic mass is 10.1. The van der Waals surface area contributed by atoms with Crippen molar-refractivity contribution in [2.75, 3.05) is 13.2 Å². The van der Waals surface area contributed by atoms with Crippen LogP contribution in [0.2, 0.25) is 0 Å². The number of primary amides is 1. The molecule has 132 valence electrons. The molecule has 2 amide bonds. The van der Waals surface area contributed by atoms with Gasteiger partial charge >= 0.3 is 6.03 Å². The van der Waals surface area contributed by atoms with Gasteiger partial charge in [-0.1, -0.05) is 30.0 Å². The smallest absolute Gasteiger partial charge is 0.339 e. The van der Waals surface area contributed by atoms with Gasteiger partial charge in [0.2, 0.25) is 5.90 Å². The number of carbonyl (C=O) groups excluding carboxylic acids is 1. The lowest BCUT2D eigenvalue weighted by molar-refractivity contribution is -0.0269. The molecule has 0 aliphatic carbocycles. The Hall–Kier alpha value is -3.37. The zero-order valence-corrected chi connectivity index (χ0v) is 13.7. The zero-order chi connectivity index (χ0) is 18.5. The van der Waals surface area contributed by atoms with E-state index < -0.39 is 6.03 Å². The van der Waals surface area contributed by atoms with E-state index in [0.717, 1.165) is 11.1 Å². The first-order chi connectivity index (χ1) is 12.5. The normalized spacial score (nSPS) is 15.5. The molecule has 0 bridgehead atoms. The van der Waals surface area contributed by atoms with E-state index in [1.165, 1.54) is 12.1 Å². The minimum atomic E-state index is -0.964. The lowest BCUT2D eigenvalue weighted by Crippen LogP contribution is -2.32. The summed E-state index contributed by atoms with van der Waals surface area (Å²) < 4.78 is 18.7. The summed E-state index contributed by atoms with van der Waals surface area (Å²) in [7, 11) is 0. The molecule has 0 fully saturated rings. The molecule has 0 saturated carbocycles. The van der Waals surface area contributed by atoms with Crippen molar-refractivity contribution < 1.29 is 19.1 Å². The van der Waals surface area contributed by atoms with E-state index in [9.17, 15) is 14.4 Å². The van der Waals surface area contributed by atoms with Crippen molar-refractivity contribution in [3.8, 4) is 11.8 Å². The molecule has 0 spiro atoms. The van der Waals surface area contributed by atoms with Crippen LogP contribution in [0.15, 0.2) is 53.5 Å². The van der Waals surface area contributed by atoms with E-state index in [4.69, 9.17) is 10.5 Å². The quantitative estimate of drug-likeness (QED) is 0.505. The Morgan fingerprint density at radius 1 is 1.35 bits per heavy atom. The second kappa shape index (κ2) is 7.68. The lowest BCUT2D eigenvalue weighted by Gasteiger charge is -2.05. The van der Waals surface area contributed by atoms with Crippen LogP contribution in [0.4, 0.5) is 9.18 Å². The Labute approximate surface area is 149 Å². The highest BCUT2D eigenvalue weighted by molar-refractivity contribution is 5.95. The monoisotopic (exact) mass is 353 g/mol. The number of aliphatic imine (C=N–C) groups is 1. The summed E-state index contributed by atoms with van der Waals surface area (Å²) >= 11 is 0. The molecule has 1 atom stereocenters. The van der Waals surface area contributed by atoms with Gasteiger partial charge in [-0.15, -0.1) is 0 Å².